The highest BCUT2D eigenvalue weighted by molar-refractivity contribution is 7.89. The van der Waals surface area contributed by atoms with Crippen LogP contribution in [-0.4, -0.2) is 14.3 Å². The summed E-state index contributed by atoms with van der Waals surface area (Å²) in [6.45, 7) is 0. The number of rotatable bonds is 5. The molecule has 0 fully saturated rings. The highest BCUT2D eigenvalue weighted by Crippen LogP contribution is 2.28. The number of furan rings is 1. The summed E-state index contributed by atoms with van der Waals surface area (Å²) in [5.41, 5.74) is 1.15. The van der Waals surface area contributed by atoms with E-state index in [2.05, 4.69) is 5.32 Å². The predicted molar refractivity (Wildman–Crippen MR) is 110 cm³/mol. The minimum Gasteiger partial charge on any atom is -0.457 e. The highest BCUT2D eigenvalue weighted by Gasteiger charge is 2.08. The molecule has 0 spiro atoms. The van der Waals surface area contributed by atoms with Crippen molar-refractivity contribution >= 4 is 50.9 Å². The van der Waals surface area contributed by atoms with Gasteiger partial charge in [0.1, 0.15) is 11.5 Å². The molecule has 3 aromatic rings. The van der Waals surface area contributed by atoms with Gasteiger partial charge in [0, 0.05) is 27.4 Å². The molecule has 0 radical (unpaired) electrons. The third-order valence-corrected chi connectivity index (χ3v) is 4.99. The third kappa shape index (κ3) is 5.24. The molecule has 0 bridgehead atoms. The predicted octanol–water partition coefficient (Wildman–Crippen LogP) is 4.55. The van der Waals surface area contributed by atoms with Gasteiger partial charge in [-0.15, -0.1) is 0 Å². The summed E-state index contributed by atoms with van der Waals surface area (Å²) in [4.78, 5) is 12.0. The molecule has 2 aromatic carbocycles. The fourth-order valence-electron chi connectivity index (χ4n) is 2.36. The maximum Gasteiger partial charge on any atom is 0.248 e. The number of hydrogen-bond donors (Lipinski definition) is 2. The van der Waals surface area contributed by atoms with Crippen molar-refractivity contribution in [3.05, 3.63) is 76.5 Å². The van der Waals surface area contributed by atoms with E-state index in [1.165, 1.54) is 36.4 Å². The lowest BCUT2D eigenvalue weighted by Gasteiger charge is -2.03. The largest absolute Gasteiger partial charge is 0.457 e. The van der Waals surface area contributed by atoms with Gasteiger partial charge in [-0.05, 0) is 60.7 Å². The summed E-state index contributed by atoms with van der Waals surface area (Å²) in [7, 11) is -3.78. The molecule has 3 N–H and O–H groups in total. The zero-order valence-electron chi connectivity index (χ0n) is 14.2. The second-order valence-electron chi connectivity index (χ2n) is 5.75. The molecule has 0 aliphatic rings. The van der Waals surface area contributed by atoms with Crippen molar-refractivity contribution in [2.75, 3.05) is 5.32 Å². The second kappa shape index (κ2) is 8.20. The number of nitrogens with one attached hydrogen (secondary N) is 1. The van der Waals surface area contributed by atoms with Gasteiger partial charge in [0.2, 0.25) is 15.9 Å². The normalized spacial score (nSPS) is 11.7. The number of carbonyl (C=O) groups is 1. The summed E-state index contributed by atoms with van der Waals surface area (Å²) >= 11 is 12.0. The first-order valence-corrected chi connectivity index (χ1v) is 10.2. The van der Waals surface area contributed by atoms with Crippen molar-refractivity contribution in [2.24, 2.45) is 5.14 Å². The molecule has 0 atom stereocenters. The molecule has 28 heavy (non-hydrogen) atoms. The number of amides is 1. The van der Waals surface area contributed by atoms with Crippen LogP contribution in [0.2, 0.25) is 10.0 Å². The van der Waals surface area contributed by atoms with Crippen molar-refractivity contribution in [2.45, 2.75) is 4.90 Å². The van der Waals surface area contributed by atoms with Crippen molar-refractivity contribution in [1.82, 2.24) is 0 Å². The van der Waals surface area contributed by atoms with Crippen LogP contribution in [0, 0.1) is 0 Å². The van der Waals surface area contributed by atoms with Gasteiger partial charge in [-0.1, -0.05) is 23.2 Å². The van der Waals surface area contributed by atoms with E-state index in [9.17, 15) is 13.2 Å². The van der Waals surface area contributed by atoms with Crippen LogP contribution in [0.3, 0.4) is 0 Å². The molecule has 1 aromatic heterocycles. The maximum atomic E-state index is 12.0. The molecule has 1 heterocycles. The highest BCUT2D eigenvalue weighted by atomic mass is 35.5. The van der Waals surface area contributed by atoms with Gasteiger partial charge in [-0.2, -0.15) is 0 Å². The van der Waals surface area contributed by atoms with Crippen molar-refractivity contribution in [1.29, 1.82) is 0 Å². The van der Waals surface area contributed by atoms with E-state index in [1.807, 2.05) is 0 Å². The molecule has 6 nitrogen and oxygen atoms in total. The number of halogens is 2. The minimum absolute atomic E-state index is 0.0368. The number of primary sulfonamides is 1. The van der Waals surface area contributed by atoms with Crippen molar-refractivity contribution in [3.8, 4) is 11.3 Å². The Balaban J connectivity index is 1.67. The summed E-state index contributed by atoms with van der Waals surface area (Å²) in [6, 6.07) is 14.0. The minimum atomic E-state index is -3.78. The fourth-order valence-corrected chi connectivity index (χ4v) is 3.40. The topological polar surface area (TPSA) is 102 Å². The zero-order valence-corrected chi connectivity index (χ0v) is 16.6. The number of benzene rings is 2. The van der Waals surface area contributed by atoms with Crippen LogP contribution < -0.4 is 10.5 Å². The first-order valence-electron chi connectivity index (χ1n) is 7.89. The Bertz CT molecular complexity index is 1130. The van der Waals surface area contributed by atoms with Crippen LogP contribution in [-0.2, 0) is 14.8 Å². The molecule has 3 rings (SSSR count). The Morgan fingerprint density at radius 2 is 1.64 bits per heavy atom. The molecular formula is C19H14Cl2N2O4S. The fraction of sp³-hybridized carbons (Fsp3) is 0. The van der Waals surface area contributed by atoms with Gasteiger partial charge in [0.15, 0.2) is 0 Å². The van der Waals surface area contributed by atoms with Crippen LogP contribution in [0.15, 0.2) is 70.0 Å². The van der Waals surface area contributed by atoms with Gasteiger partial charge < -0.3 is 9.73 Å². The van der Waals surface area contributed by atoms with Gasteiger partial charge in [-0.25, -0.2) is 13.6 Å². The zero-order chi connectivity index (χ0) is 20.3. The van der Waals surface area contributed by atoms with Crippen LogP contribution >= 0.6 is 23.2 Å². The molecule has 0 unspecified atom stereocenters. The molecular weight excluding hydrogens is 423 g/mol. The number of hydrogen-bond acceptors (Lipinski definition) is 4. The van der Waals surface area contributed by atoms with E-state index in [0.29, 0.717) is 27.3 Å². The monoisotopic (exact) mass is 436 g/mol. The van der Waals surface area contributed by atoms with Gasteiger partial charge in [0.05, 0.1) is 4.90 Å². The molecule has 0 aliphatic carbocycles. The number of carbonyl (C=O) groups excluding carboxylic acids is 1. The van der Waals surface area contributed by atoms with E-state index >= 15 is 0 Å². The number of anilines is 1. The van der Waals surface area contributed by atoms with E-state index in [0.717, 1.165) is 5.56 Å². The molecule has 0 saturated heterocycles. The summed E-state index contributed by atoms with van der Waals surface area (Å²) < 4.78 is 28.1. The van der Waals surface area contributed by atoms with Crippen molar-refractivity contribution < 1.29 is 17.6 Å². The maximum absolute atomic E-state index is 12.0. The lowest BCUT2D eigenvalue weighted by Crippen LogP contribution is -2.12. The van der Waals surface area contributed by atoms with Gasteiger partial charge in [0.25, 0.3) is 0 Å². The Labute approximate surface area is 171 Å². The smallest absolute Gasteiger partial charge is 0.248 e. The van der Waals surface area contributed by atoms with Crippen LogP contribution in [0.25, 0.3) is 17.4 Å². The Kier molecular flexibility index (Phi) is 5.90. The number of nitrogens with two attached hydrogens (primary N) is 1. The first-order chi connectivity index (χ1) is 13.2. The Morgan fingerprint density at radius 1 is 1.00 bits per heavy atom. The Morgan fingerprint density at radius 3 is 2.25 bits per heavy atom. The lowest BCUT2D eigenvalue weighted by atomic mass is 10.2. The van der Waals surface area contributed by atoms with Crippen LogP contribution in [0.5, 0.6) is 0 Å². The summed E-state index contributed by atoms with van der Waals surface area (Å²) in [5, 5.41) is 8.61. The summed E-state index contributed by atoms with van der Waals surface area (Å²) in [5.74, 6) is 0.612. The average Bonchev–Trinajstić information content (AvgIpc) is 3.08. The molecule has 0 saturated carbocycles. The van der Waals surface area contributed by atoms with Gasteiger partial charge >= 0.3 is 0 Å². The van der Waals surface area contributed by atoms with Crippen molar-refractivity contribution in [3.63, 3.8) is 0 Å². The Hall–Kier alpha value is -2.58. The second-order valence-corrected chi connectivity index (χ2v) is 8.19. The van der Waals surface area contributed by atoms with E-state index in [1.54, 1.807) is 30.3 Å². The van der Waals surface area contributed by atoms with E-state index < -0.39 is 15.9 Å². The summed E-state index contributed by atoms with van der Waals surface area (Å²) in [6.07, 6.45) is 2.80. The third-order valence-electron chi connectivity index (χ3n) is 3.62. The van der Waals surface area contributed by atoms with E-state index in [4.69, 9.17) is 32.8 Å². The quantitative estimate of drug-likeness (QED) is 0.572. The van der Waals surface area contributed by atoms with Gasteiger partial charge in [-0.3, -0.25) is 4.79 Å². The lowest BCUT2D eigenvalue weighted by molar-refractivity contribution is -0.111. The van der Waals surface area contributed by atoms with Crippen LogP contribution in [0.1, 0.15) is 5.76 Å². The molecule has 1 amide bonds. The van der Waals surface area contributed by atoms with Crippen LogP contribution in [0.4, 0.5) is 5.69 Å². The first kappa shape index (κ1) is 20.2. The SMILES string of the molecule is NS(=O)(=O)c1ccc(NC(=O)/C=C/c2ccc(-c3cc(Cl)cc(Cl)c3)o2)cc1. The standard InChI is InChI=1S/C19H14Cl2N2O4S/c20-13-9-12(10-14(21)11-13)18-7-3-16(27-18)4-8-19(24)23-15-1-5-17(6-2-15)28(22,25)26/h1-11H,(H,23,24)(H2,22,25,26)/b8-4+. The molecule has 9 heteroatoms. The average molecular weight is 437 g/mol. The number of sulfonamides is 1. The van der Waals surface area contributed by atoms with E-state index in [-0.39, 0.29) is 4.90 Å². The molecule has 144 valence electrons. The molecule has 0 aliphatic heterocycles.